The Kier molecular flexibility index (Phi) is 5.68. The van der Waals surface area contributed by atoms with E-state index in [1.807, 2.05) is 18.4 Å². The van der Waals surface area contributed by atoms with Crippen molar-refractivity contribution in [3.63, 3.8) is 0 Å². The van der Waals surface area contributed by atoms with Gasteiger partial charge in [-0.25, -0.2) is 9.59 Å². The summed E-state index contributed by atoms with van der Waals surface area (Å²) >= 11 is 0. The lowest BCUT2D eigenvalue weighted by Crippen LogP contribution is -2.17. The first kappa shape index (κ1) is 20.1. The summed E-state index contributed by atoms with van der Waals surface area (Å²) in [6.45, 7) is 9.57. The number of ether oxygens (including phenoxy) is 1. The Labute approximate surface area is 168 Å². The molecule has 3 aromatic rings. The molecule has 2 heterocycles. The van der Waals surface area contributed by atoms with Crippen LogP contribution in [0.3, 0.4) is 0 Å². The van der Waals surface area contributed by atoms with Crippen LogP contribution in [0.25, 0.3) is 5.69 Å². The van der Waals surface area contributed by atoms with Crippen molar-refractivity contribution in [2.24, 2.45) is 0 Å². The summed E-state index contributed by atoms with van der Waals surface area (Å²) in [5.74, 6) is -0.851. The van der Waals surface area contributed by atoms with Crippen molar-refractivity contribution in [1.29, 1.82) is 0 Å². The Morgan fingerprint density at radius 3 is 2.41 bits per heavy atom. The highest BCUT2D eigenvalue weighted by atomic mass is 16.5. The molecule has 0 amide bonds. The number of carbonyl (C=O) groups excluding carboxylic acids is 2. The zero-order valence-electron chi connectivity index (χ0n) is 16.7. The van der Waals surface area contributed by atoms with Gasteiger partial charge in [-0.2, -0.15) is 0 Å². The maximum atomic E-state index is 12.5. The molecule has 0 aliphatic heterocycles. The number of H-pyrrole nitrogens is 1. The van der Waals surface area contributed by atoms with Crippen molar-refractivity contribution in [2.75, 3.05) is 6.61 Å². The lowest BCUT2D eigenvalue weighted by molar-refractivity contribution is 0.0474. The molecule has 0 spiro atoms. The second-order valence-electron chi connectivity index (χ2n) is 6.80. The summed E-state index contributed by atoms with van der Waals surface area (Å²) in [5.41, 5.74) is 3.75. The van der Waals surface area contributed by atoms with E-state index >= 15 is 0 Å². The van der Waals surface area contributed by atoms with Crippen LogP contribution in [-0.2, 0) is 11.3 Å². The fourth-order valence-corrected chi connectivity index (χ4v) is 3.31. The summed E-state index contributed by atoms with van der Waals surface area (Å²) in [6, 6.07) is 8.24. The van der Waals surface area contributed by atoms with Crippen molar-refractivity contribution in [2.45, 2.75) is 27.3 Å². The first-order valence-corrected chi connectivity index (χ1v) is 9.19. The van der Waals surface area contributed by atoms with Crippen LogP contribution in [0.15, 0.2) is 54.0 Å². The topological polar surface area (TPSA) is 86.1 Å². The number of carbonyl (C=O) groups is 2. The number of nitrogens with one attached hydrogen (secondary N) is 1. The minimum absolute atomic E-state index is 0.252. The zero-order chi connectivity index (χ0) is 21.1. The highest BCUT2D eigenvalue weighted by Crippen LogP contribution is 2.17. The molecule has 3 rings (SSSR count). The number of aromatic nitrogens is 3. The van der Waals surface area contributed by atoms with Crippen molar-refractivity contribution < 1.29 is 14.3 Å². The van der Waals surface area contributed by atoms with Crippen LogP contribution in [0.4, 0.5) is 0 Å². The van der Waals surface area contributed by atoms with E-state index in [1.54, 1.807) is 49.5 Å². The van der Waals surface area contributed by atoms with E-state index in [0.29, 0.717) is 23.4 Å². The van der Waals surface area contributed by atoms with Gasteiger partial charge in [-0.05, 0) is 51.1 Å². The number of aryl methyl sites for hydroxylation is 2. The molecule has 1 aromatic carbocycles. The fourth-order valence-electron chi connectivity index (χ4n) is 3.31. The summed E-state index contributed by atoms with van der Waals surface area (Å²) in [5, 5.41) is 0. The zero-order valence-corrected chi connectivity index (χ0v) is 16.7. The van der Waals surface area contributed by atoms with E-state index in [0.717, 1.165) is 17.1 Å². The minimum Gasteiger partial charge on any atom is -0.454 e. The predicted molar refractivity (Wildman–Crippen MR) is 110 cm³/mol. The minimum atomic E-state index is -0.595. The van der Waals surface area contributed by atoms with Gasteiger partial charge in [0.15, 0.2) is 6.61 Å². The molecule has 0 bridgehead atoms. The first-order valence-electron chi connectivity index (χ1n) is 9.19. The van der Waals surface area contributed by atoms with E-state index in [2.05, 4.69) is 11.6 Å². The first-order chi connectivity index (χ1) is 13.8. The number of aromatic amines is 1. The van der Waals surface area contributed by atoms with E-state index in [-0.39, 0.29) is 18.1 Å². The van der Waals surface area contributed by atoms with Crippen molar-refractivity contribution in [1.82, 2.24) is 14.1 Å². The van der Waals surface area contributed by atoms with Crippen LogP contribution < -0.4 is 5.69 Å². The smallest absolute Gasteiger partial charge is 0.338 e. The van der Waals surface area contributed by atoms with E-state index in [1.165, 1.54) is 4.57 Å². The van der Waals surface area contributed by atoms with E-state index in [4.69, 9.17) is 4.74 Å². The number of benzene rings is 1. The Balaban J connectivity index is 1.68. The van der Waals surface area contributed by atoms with Gasteiger partial charge in [0.1, 0.15) is 0 Å². The van der Waals surface area contributed by atoms with Gasteiger partial charge in [0.2, 0.25) is 5.78 Å². The molecule has 0 unspecified atom stereocenters. The Morgan fingerprint density at radius 2 is 1.83 bits per heavy atom. The number of Topliss-reactive ketones (excluding diaryl/α,β-unsaturated/α-hetero) is 1. The average molecular weight is 393 g/mol. The average Bonchev–Trinajstić information content (AvgIpc) is 3.19. The van der Waals surface area contributed by atoms with E-state index in [9.17, 15) is 14.4 Å². The molecule has 2 aromatic heterocycles. The molecular weight excluding hydrogens is 370 g/mol. The Hall–Kier alpha value is -3.61. The lowest BCUT2D eigenvalue weighted by atomic mass is 10.1. The molecule has 29 heavy (non-hydrogen) atoms. The molecule has 0 aliphatic carbocycles. The molecule has 0 fully saturated rings. The highest BCUT2D eigenvalue weighted by Gasteiger charge is 2.17. The largest absolute Gasteiger partial charge is 0.454 e. The van der Waals surface area contributed by atoms with Crippen molar-refractivity contribution in [3.05, 3.63) is 87.9 Å². The summed E-state index contributed by atoms with van der Waals surface area (Å²) < 4.78 is 8.67. The van der Waals surface area contributed by atoms with Crippen LogP contribution in [0.5, 0.6) is 0 Å². The summed E-state index contributed by atoms with van der Waals surface area (Å²) in [6.07, 6.45) is 3.38. The third kappa shape index (κ3) is 3.99. The third-order valence-corrected chi connectivity index (χ3v) is 4.84. The van der Waals surface area contributed by atoms with Crippen molar-refractivity contribution >= 4 is 11.8 Å². The lowest BCUT2D eigenvalue weighted by Gasteiger charge is -2.08. The molecule has 0 saturated carbocycles. The molecular formula is C22H23N3O4. The molecule has 0 aliphatic rings. The quantitative estimate of drug-likeness (QED) is 0.380. The van der Waals surface area contributed by atoms with Crippen LogP contribution in [-0.4, -0.2) is 32.5 Å². The summed E-state index contributed by atoms with van der Waals surface area (Å²) in [7, 11) is 0. The van der Waals surface area contributed by atoms with Crippen LogP contribution in [0, 0.1) is 20.8 Å². The van der Waals surface area contributed by atoms with Crippen LogP contribution >= 0.6 is 0 Å². The molecule has 0 saturated heterocycles. The van der Waals surface area contributed by atoms with Crippen LogP contribution in [0.1, 0.15) is 37.8 Å². The molecule has 7 nitrogen and oxygen atoms in total. The number of imidazole rings is 1. The maximum Gasteiger partial charge on any atom is 0.338 e. The summed E-state index contributed by atoms with van der Waals surface area (Å²) in [4.78, 5) is 39.2. The maximum absolute atomic E-state index is 12.5. The van der Waals surface area contributed by atoms with Crippen LogP contribution in [0.2, 0.25) is 0 Å². The van der Waals surface area contributed by atoms with Gasteiger partial charge in [-0.1, -0.05) is 6.08 Å². The van der Waals surface area contributed by atoms with Gasteiger partial charge >= 0.3 is 11.7 Å². The van der Waals surface area contributed by atoms with Gasteiger partial charge in [0.25, 0.3) is 0 Å². The van der Waals surface area contributed by atoms with Gasteiger partial charge in [-0.3, -0.25) is 9.36 Å². The molecule has 7 heteroatoms. The number of allylic oxidation sites excluding steroid dienone is 1. The van der Waals surface area contributed by atoms with Gasteiger partial charge in [0.05, 0.1) is 11.3 Å². The Morgan fingerprint density at radius 1 is 1.14 bits per heavy atom. The number of hydrogen-bond donors (Lipinski definition) is 1. The molecule has 1 N–H and O–H groups in total. The van der Waals surface area contributed by atoms with Gasteiger partial charge in [0, 0.05) is 35.4 Å². The second kappa shape index (κ2) is 8.18. The highest BCUT2D eigenvalue weighted by molar-refractivity contribution is 6.00. The number of rotatable bonds is 7. The normalized spacial score (nSPS) is 10.7. The molecule has 0 atom stereocenters. The molecule has 150 valence electrons. The monoisotopic (exact) mass is 393 g/mol. The number of esters is 1. The number of hydrogen-bond acceptors (Lipinski definition) is 4. The van der Waals surface area contributed by atoms with Gasteiger partial charge in [-0.15, -0.1) is 6.58 Å². The van der Waals surface area contributed by atoms with Crippen molar-refractivity contribution in [3.8, 4) is 5.69 Å². The number of ketones is 1. The molecule has 0 radical (unpaired) electrons. The SMILES string of the molecule is C=CCn1c(C)cc(C(=O)COC(=O)c2ccc(-n3c(C)c[nH]c3=O)cc2)c1C. The van der Waals surface area contributed by atoms with Gasteiger partial charge < -0.3 is 14.3 Å². The predicted octanol–water partition coefficient (Wildman–Crippen LogP) is 3.12. The Bertz CT molecular complexity index is 1130. The number of nitrogens with zero attached hydrogens (tertiary/aromatic N) is 2. The third-order valence-electron chi connectivity index (χ3n) is 4.84. The standard InChI is InChI=1S/C22H23N3O4/c1-5-10-24-14(2)11-19(16(24)4)20(26)13-29-21(27)17-6-8-18(9-7-17)25-15(3)12-23-22(25)28/h5-9,11-12H,1,10,13H2,2-4H3,(H,23,28). The fraction of sp³-hybridized carbons (Fsp3) is 0.227. The second-order valence-corrected chi connectivity index (χ2v) is 6.80. The van der Waals surface area contributed by atoms with E-state index < -0.39 is 5.97 Å².